The molecule has 15 heavy (non-hydrogen) atoms. The number of ether oxygens (including phenoxy) is 1. The molecular formula is C10H10BrClO2S. The molecule has 1 aliphatic rings. The van der Waals surface area contributed by atoms with Crippen LogP contribution in [-0.4, -0.2) is 18.5 Å². The van der Waals surface area contributed by atoms with Gasteiger partial charge in [-0.1, -0.05) is 11.6 Å². The van der Waals surface area contributed by atoms with Crippen molar-refractivity contribution in [1.29, 1.82) is 0 Å². The number of thiophene rings is 1. The minimum absolute atomic E-state index is 0.0623. The maximum Gasteiger partial charge on any atom is 0.201 e. The van der Waals surface area contributed by atoms with E-state index in [2.05, 4.69) is 15.9 Å². The first-order valence-electron chi connectivity index (χ1n) is 4.79. The summed E-state index contributed by atoms with van der Waals surface area (Å²) in [6.45, 7) is 0.691. The van der Waals surface area contributed by atoms with E-state index in [0.717, 1.165) is 23.0 Å². The van der Waals surface area contributed by atoms with Crippen molar-refractivity contribution in [3.63, 3.8) is 0 Å². The van der Waals surface area contributed by atoms with Crippen LogP contribution in [0.1, 0.15) is 28.9 Å². The molecule has 0 saturated carbocycles. The summed E-state index contributed by atoms with van der Waals surface area (Å²) >= 11 is 10.6. The first-order valence-corrected chi connectivity index (χ1v) is 6.78. The lowest BCUT2D eigenvalue weighted by Gasteiger charge is -2.20. The predicted molar refractivity (Wildman–Crippen MR) is 65.0 cm³/mol. The first kappa shape index (κ1) is 11.6. The second-order valence-corrected chi connectivity index (χ2v) is 6.23. The van der Waals surface area contributed by atoms with Crippen molar-refractivity contribution < 1.29 is 9.53 Å². The van der Waals surface area contributed by atoms with Crippen LogP contribution in [0.4, 0.5) is 0 Å². The van der Waals surface area contributed by atoms with Crippen LogP contribution in [-0.2, 0) is 4.74 Å². The molecule has 0 aromatic carbocycles. The minimum atomic E-state index is -0.264. The summed E-state index contributed by atoms with van der Waals surface area (Å²) in [4.78, 5) is 12.7. The van der Waals surface area contributed by atoms with Crippen LogP contribution in [0.3, 0.4) is 0 Å². The molecule has 1 atom stereocenters. The summed E-state index contributed by atoms with van der Waals surface area (Å²) in [6.07, 6.45) is 2.68. The zero-order chi connectivity index (χ0) is 10.8. The molecule has 5 heteroatoms. The van der Waals surface area contributed by atoms with E-state index in [4.69, 9.17) is 16.3 Å². The predicted octanol–water partition coefficient (Wildman–Crippen LogP) is 3.92. The van der Waals surface area contributed by atoms with E-state index in [-0.39, 0.29) is 11.9 Å². The van der Waals surface area contributed by atoms with Crippen molar-refractivity contribution in [2.24, 2.45) is 0 Å². The van der Waals surface area contributed by atoms with Crippen LogP contribution in [0.2, 0.25) is 5.02 Å². The largest absolute Gasteiger partial charge is 0.370 e. The van der Waals surface area contributed by atoms with Crippen molar-refractivity contribution in [2.45, 2.75) is 25.4 Å². The summed E-state index contributed by atoms with van der Waals surface area (Å²) in [5, 5.41) is 0.596. The smallest absolute Gasteiger partial charge is 0.201 e. The van der Waals surface area contributed by atoms with Crippen LogP contribution < -0.4 is 0 Å². The number of hydrogen-bond acceptors (Lipinski definition) is 3. The van der Waals surface area contributed by atoms with Gasteiger partial charge in [0.25, 0.3) is 0 Å². The average molecular weight is 310 g/mol. The maximum absolute atomic E-state index is 12.0. The van der Waals surface area contributed by atoms with E-state index in [1.165, 1.54) is 11.3 Å². The summed E-state index contributed by atoms with van der Waals surface area (Å²) in [7, 11) is 0. The highest BCUT2D eigenvalue weighted by atomic mass is 79.9. The standard InChI is InChI=1S/C10H10BrClO2S/c11-10-6(12)5-8(15-10)9(13)7-3-1-2-4-14-7/h5,7H,1-4H2. The van der Waals surface area contributed by atoms with Gasteiger partial charge in [0.05, 0.1) is 13.7 Å². The molecule has 0 aliphatic carbocycles. The van der Waals surface area contributed by atoms with Crippen molar-refractivity contribution in [3.8, 4) is 0 Å². The van der Waals surface area contributed by atoms with Crippen molar-refractivity contribution in [1.82, 2.24) is 0 Å². The number of carbonyl (C=O) groups is 1. The van der Waals surface area contributed by atoms with E-state index in [9.17, 15) is 4.79 Å². The summed E-state index contributed by atoms with van der Waals surface area (Å²) in [6, 6.07) is 1.70. The van der Waals surface area contributed by atoms with Crippen molar-refractivity contribution >= 4 is 44.7 Å². The quantitative estimate of drug-likeness (QED) is 0.774. The average Bonchev–Trinajstić information content (AvgIpc) is 2.59. The normalized spacial score (nSPS) is 21.6. The molecule has 0 N–H and O–H groups in total. The van der Waals surface area contributed by atoms with Gasteiger partial charge in [-0.2, -0.15) is 0 Å². The zero-order valence-corrected chi connectivity index (χ0v) is 11.1. The van der Waals surface area contributed by atoms with Crippen LogP contribution in [0.25, 0.3) is 0 Å². The highest BCUT2D eigenvalue weighted by molar-refractivity contribution is 9.11. The number of Topliss-reactive ketones (excluding diaryl/α,β-unsaturated/α-hetero) is 1. The summed E-state index contributed by atoms with van der Waals surface area (Å²) in [5.74, 6) is 0.0623. The molecule has 1 aliphatic heterocycles. The highest BCUT2D eigenvalue weighted by Crippen LogP contribution is 2.33. The Morgan fingerprint density at radius 2 is 2.40 bits per heavy atom. The topological polar surface area (TPSA) is 26.3 Å². The van der Waals surface area contributed by atoms with Gasteiger partial charge in [-0.05, 0) is 41.3 Å². The van der Waals surface area contributed by atoms with Gasteiger partial charge in [-0.15, -0.1) is 11.3 Å². The summed E-state index contributed by atoms with van der Waals surface area (Å²) < 4.78 is 6.25. The fourth-order valence-electron chi connectivity index (χ4n) is 1.57. The number of ketones is 1. The third-order valence-corrected chi connectivity index (χ3v) is 4.85. The van der Waals surface area contributed by atoms with E-state index in [1.807, 2.05) is 0 Å². The van der Waals surface area contributed by atoms with Gasteiger partial charge in [0, 0.05) is 6.61 Å². The summed E-state index contributed by atoms with van der Waals surface area (Å²) in [5.41, 5.74) is 0. The van der Waals surface area contributed by atoms with Gasteiger partial charge >= 0.3 is 0 Å². The Hall–Kier alpha value is 0.1000. The van der Waals surface area contributed by atoms with E-state index < -0.39 is 0 Å². The third-order valence-electron chi connectivity index (χ3n) is 2.36. The molecule has 1 unspecified atom stereocenters. The van der Waals surface area contributed by atoms with Gasteiger partial charge < -0.3 is 4.74 Å². The molecule has 2 nitrogen and oxygen atoms in total. The lowest BCUT2D eigenvalue weighted by Crippen LogP contribution is -2.27. The maximum atomic E-state index is 12.0. The fraction of sp³-hybridized carbons (Fsp3) is 0.500. The zero-order valence-electron chi connectivity index (χ0n) is 7.96. The minimum Gasteiger partial charge on any atom is -0.370 e. The number of halogens is 2. The van der Waals surface area contributed by atoms with Gasteiger partial charge in [-0.25, -0.2) is 0 Å². The Morgan fingerprint density at radius 3 is 2.93 bits per heavy atom. The molecule has 2 rings (SSSR count). The first-order chi connectivity index (χ1) is 7.18. The van der Waals surface area contributed by atoms with Crippen LogP contribution in [0.5, 0.6) is 0 Å². The monoisotopic (exact) mass is 308 g/mol. The molecule has 1 aromatic heterocycles. The number of hydrogen-bond donors (Lipinski definition) is 0. The highest BCUT2D eigenvalue weighted by Gasteiger charge is 2.25. The van der Waals surface area contributed by atoms with Crippen LogP contribution >= 0.6 is 38.9 Å². The van der Waals surface area contributed by atoms with E-state index >= 15 is 0 Å². The molecule has 1 aromatic rings. The molecule has 2 heterocycles. The Kier molecular flexibility index (Phi) is 3.83. The fourth-order valence-corrected chi connectivity index (χ4v) is 3.26. The Labute approximate surface area is 106 Å². The molecule has 82 valence electrons. The van der Waals surface area contributed by atoms with Crippen LogP contribution in [0.15, 0.2) is 9.85 Å². The molecule has 0 amide bonds. The Bertz CT molecular complexity index is 352. The second kappa shape index (κ2) is 4.95. The molecule has 0 radical (unpaired) electrons. The van der Waals surface area contributed by atoms with Crippen molar-refractivity contribution in [3.05, 3.63) is 19.8 Å². The van der Waals surface area contributed by atoms with E-state index in [0.29, 0.717) is 16.5 Å². The molecule has 1 fully saturated rings. The van der Waals surface area contributed by atoms with Gasteiger partial charge in [-0.3, -0.25) is 4.79 Å². The van der Waals surface area contributed by atoms with Gasteiger partial charge in [0.1, 0.15) is 6.10 Å². The van der Waals surface area contributed by atoms with Crippen molar-refractivity contribution in [2.75, 3.05) is 6.61 Å². The second-order valence-electron chi connectivity index (χ2n) is 3.45. The molecule has 1 saturated heterocycles. The lowest BCUT2D eigenvalue weighted by atomic mass is 10.0. The third kappa shape index (κ3) is 2.61. The molecular weight excluding hydrogens is 300 g/mol. The Morgan fingerprint density at radius 1 is 1.60 bits per heavy atom. The molecule has 0 bridgehead atoms. The SMILES string of the molecule is O=C(c1cc(Cl)c(Br)s1)C1CCCCO1. The number of carbonyl (C=O) groups excluding carboxylic acids is 1. The van der Waals surface area contributed by atoms with Gasteiger partial charge in [0.15, 0.2) is 0 Å². The van der Waals surface area contributed by atoms with Gasteiger partial charge in [0.2, 0.25) is 5.78 Å². The lowest BCUT2D eigenvalue weighted by molar-refractivity contribution is 0.0189. The number of rotatable bonds is 2. The van der Waals surface area contributed by atoms with Crippen LogP contribution in [0, 0.1) is 0 Å². The Balaban J connectivity index is 2.12. The van der Waals surface area contributed by atoms with E-state index in [1.54, 1.807) is 6.07 Å². The molecule has 0 spiro atoms.